The Balaban J connectivity index is 2.86. The molecule has 0 saturated heterocycles. The summed E-state index contributed by atoms with van der Waals surface area (Å²) in [6, 6.07) is 2.88. The van der Waals surface area contributed by atoms with Crippen LogP contribution in [0.25, 0.3) is 11.1 Å². The average Bonchev–Trinajstić information content (AvgIpc) is 2.36. The molecular weight excluding hydrogens is 213 g/mol. The van der Waals surface area contributed by atoms with Gasteiger partial charge in [0.2, 0.25) is 0 Å². The van der Waals surface area contributed by atoms with Gasteiger partial charge in [-0.3, -0.25) is 0 Å². The maximum absolute atomic E-state index is 12.8. The first-order valence-corrected chi connectivity index (χ1v) is 3.75. The molecule has 1 aromatic carbocycles. The van der Waals surface area contributed by atoms with E-state index in [-0.39, 0.29) is 5.82 Å². The molecule has 0 fully saturated rings. The number of hydrogen-bond donors (Lipinski definition) is 0. The van der Waals surface area contributed by atoms with E-state index in [1.54, 1.807) is 6.07 Å². The molecule has 0 aliphatic carbocycles. The van der Waals surface area contributed by atoms with Gasteiger partial charge in [-0.1, -0.05) is 0 Å². The smallest absolute Gasteiger partial charge is 0.181 e. The lowest BCUT2D eigenvalue weighted by atomic mass is 10.3. The highest BCUT2D eigenvalue weighted by atomic mass is 79.9. The number of aromatic nitrogens is 1. The summed E-state index contributed by atoms with van der Waals surface area (Å²) in [5, 5.41) is 0. The highest BCUT2D eigenvalue weighted by Crippen LogP contribution is 2.21. The van der Waals surface area contributed by atoms with E-state index < -0.39 is 0 Å². The summed E-state index contributed by atoms with van der Waals surface area (Å²) < 4.78 is 18.1. The number of halogens is 2. The van der Waals surface area contributed by atoms with E-state index in [9.17, 15) is 4.39 Å². The SMILES string of the molecule is Fc1cc2ncoc2cc1Br. The zero-order valence-corrected chi connectivity index (χ0v) is 6.93. The van der Waals surface area contributed by atoms with Gasteiger partial charge in [0.25, 0.3) is 0 Å². The second-order valence-electron chi connectivity index (χ2n) is 2.09. The Morgan fingerprint density at radius 3 is 3.09 bits per heavy atom. The van der Waals surface area contributed by atoms with Gasteiger partial charge in [-0.15, -0.1) is 0 Å². The zero-order valence-electron chi connectivity index (χ0n) is 5.34. The molecule has 0 aliphatic rings. The van der Waals surface area contributed by atoms with E-state index in [0.29, 0.717) is 15.6 Å². The largest absolute Gasteiger partial charge is 0.443 e. The fourth-order valence-corrected chi connectivity index (χ4v) is 1.18. The van der Waals surface area contributed by atoms with Crippen LogP contribution >= 0.6 is 15.9 Å². The summed E-state index contributed by atoms with van der Waals surface area (Å²) in [5.74, 6) is -0.327. The second kappa shape index (κ2) is 2.30. The molecule has 4 heteroatoms. The third kappa shape index (κ3) is 1.03. The molecule has 0 saturated carbocycles. The summed E-state index contributed by atoms with van der Waals surface area (Å²) in [6.45, 7) is 0. The summed E-state index contributed by atoms with van der Waals surface area (Å²) in [7, 11) is 0. The molecule has 2 rings (SSSR count). The van der Waals surface area contributed by atoms with Gasteiger partial charge in [-0.2, -0.15) is 0 Å². The molecule has 1 aromatic heterocycles. The Kier molecular flexibility index (Phi) is 1.42. The number of fused-ring (bicyclic) bond motifs is 1. The molecule has 0 aliphatic heterocycles. The first-order valence-electron chi connectivity index (χ1n) is 2.95. The van der Waals surface area contributed by atoms with Crippen molar-refractivity contribution < 1.29 is 8.81 Å². The zero-order chi connectivity index (χ0) is 7.84. The Morgan fingerprint density at radius 2 is 2.27 bits per heavy atom. The molecule has 0 N–H and O–H groups in total. The first kappa shape index (κ1) is 6.79. The van der Waals surface area contributed by atoms with Gasteiger partial charge >= 0.3 is 0 Å². The topological polar surface area (TPSA) is 26.0 Å². The Morgan fingerprint density at radius 1 is 1.45 bits per heavy atom. The molecule has 56 valence electrons. The molecule has 0 unspecified atom stereocenters. The van der Waals surface area contributed by atoms with Gasteiger partial charge in [0.05, 0.1) is 4.47 Å². The van der Waals surface area contributed by atoms with Crippen molar-refractivity contribution in [2.45, 2.75) is 0 Å². The van der Waals surface area contributed by atoms with Crippen molar-refractivity contribution in [2.24, 2.45) is 0 Å². The molecule has 1 heterocycles. The van der Waals surface area contributed by atoms with Crippen molar-refractivity contribution in [1.82, 2.24) is 4.98 Å². The van der Waals surface area contributed by atoms with Crippen molar-refractivity contribution in [3.05, 3.63) is 28.8 Å². The van der Waals surface area contributed by atoms with E-state index in [2.05, 4.69) is 20.9 Å². The summed E-state index contributed by atoms with van der Waals surface area (Å²) in [5.41, 5.74) is 1.11. The Bertz CT molecular complexity index is 362. The fraction of sp³-hybridized carbons (Fsp3) is 0. The van der Waals surface area contributed by atoms with Gasteiger partial charge < -0.3 is 4.42 Å². The van der Waals surface area contributed by atoms with Crippen molar-refractivity contribution >= 4 is 27.0 Å². The standard InChI is InChI=1S/C7H3BrFNO/c8-4-1-7-6(2-5(4)9)10-3-11-7/h1-3H. The van der Waals surface area contributed by atoms with Crippen molar-refractivity contribution in [2.75, 3.05) is 0 Å². The molecular formula is C7H3BrFNO. The van der Waals surface area contributed by atoms with Gasteiger partial charge in [0.15, 0.2) is 12.0 Å². The van der Waals surface area contributed by atoms with E-state index >= 15 is 0 Å². The van der Waals surface area contributed by atoms with Gasteiger partial charge in [-0.05, 0) is 15.9 Å². The minimum atomic E-state index is -0.327. The molecule has 0 atom stereocenters. The number of benzene rings is 1. The van der Waals surface area contributed by atoms with Crippen LogP contribution in [-0.2, 0) is 0 Å². The quantitative estimate of drug-likeness (QED) is 0.676. The molecule has 0 amide bonds. The highest BCUT2D eigenvalue weighted by Gasteiger charge is 2.03. The lowest BCUT2D eigenvalue weighted by molar-refractivity contribution is 0.598. The van der Waals surface area contributed by atoms with Crippen LogP contribution in [0.15, 0.2) is 27.4 Å². The van der Waals surface area contributed by atoms with Gasteiger partial charge in [-0.25, -0.2) is 9.37 Å². The number of hydrogen-bond acceptors (Lipinski definition) is 2. The van der Waals surface area contributed by atoms with Gasteiger partial charge in [0, 0.05) is 12.1 Å². The third-order valence-corrected chi connectivity index (χ3v) is 1.98. The number of oxazole rings is 1. The van der Waals surface area contributed by atoms with E-state index in [1.807, 2.05) is 0 Å². The molecule has 11 heavy (non-hydrogen) atoms. The third-order valence-electron chi connectivity index (χ3n) is 1.37. The molecule has 2 aromatic rings. The predicted molar refractivity (Wildman–Crippen MR) is 41.7 cm³/mol. The second-order valence-corrected chi connectivity index (χ2v) is 2.94. The van der Waals surface area contributed by atoms with Crippen LogP contribution in [0.3, 0.4) is 0 Å². The molecule has 0 bridgehead atoms. The fourth-order valence-electron chi connectivity index (χ4n) is 0.853. The maximum Gasteiger partial charge on any atom is 0.181 e. The van der Waals surface area contributed by atoms with Crippen LogP contribution in [0, 0.1) is 5.82 Å². The normalized spacial score (nSPS) is 10.7. The van der Waals surface area contributed by atoms with E-state index in [4.69, 9.17) is 4.42 Å². The Hall–Kier alpha value is -0.900. The Labute approximate surface area is 70.2 Å². The molecule has 0 radical (unpaired) electrons. The van der Waals surface area contributed by atoms with E-state index in [1.165, 1.54) is 12.5 Å². The lowest BCUT2D eigenvalue weighted by Crippen LogP contribution is -1.76. The monoisotopic (exact) mass is 215 g/mol. The van der Waals surface area contributed by atoms with Crippen LogP contribution in [0.4, 0.5) is 4.39 Å². The van der Waals surface area contributed by atoms with Gasteiger partial charge in [0.1, 0.15) is 11.3 Å². The minimum Gasteiger partial charge on any atom is -0.443 e. The first-order chi connectivity index (χ1) is 5.27. The van der Waals surface area contributed by atoms with Crippen molar-refractivity contribution in [3.8, 4) is 0 Å². The average molecular weight is 216 g/mol. The summed E-state index contributed by atoms with van der Waals surface area (Å²) >= 11 is 3.04. The van der Waals surface area contributed by atoms with Crippen LogP contribution in [0.2, 0.25) is 0 Å². The van der Waals surface area contributed by atoms with Crippen molar-refractivity contribution in [3.63, 3.8) is 0 Å². The van der Waals surface area contributed by atoms with Crippen LogP contribution in [-0.4, -0.2) is 4.98 Å². The minimum absolute atomic E-state index is 0.327. The highest BCUT2D eigenvalue weighted by molar-refractivity contribution is 9.10. The molecule has 2 nitrogen and oxygen atoms in total. The number of rotatable bonds is 0. The van der Waals surface area contributed by atoms with Crippen LogP contribution < -0.4 is 0 Å². The van der Waals surface area contributed by atoms with E-state index in [0.717, 1.165) is 0 Å². The molecule has 0 spiro atoms. The number of nitrogens with zero attached hydrogens (tertiary/aromatic N) is 1. The summed E-state index contributed by atoms with van der Waals surface area (Å²) in [6.07, 6.45) is 1.29. The summed E-state index contributed by atoms with van der Waals surface area (Å²) in [4.78, 5) is 3.79. The lowest BCUT2D eigenvalue weighted by Gasteiger charge is -1.90. The van der Waals surface area contributed by atoms with Crippen LogP contribution in [0.5, 0.6) is 0 Å². The maximum atomic E-state index is 12.8. The van der Waals surface area contributed by atoms with Crippen molar-refractivity contribution in [1.29, 1.82) is 0 Å². The van der Waals surface area contributed by atoms with Crippen LogP contribution in [0.1, 0.15) is 0 Å². The predicted octanol–water partition coefficient (Wildman–Crippen LogP) is 2.73.